The van der Waals surface area contributed by atoms with Crippen LogP contribution in [0.1, 0.15) is 17.5 Å². The molecule has 1 saturated heterocycles. The maximum Gasteiger partial charge on any atom is 0.242 e. The van der Waals surface area contributed by atoms with Crippen molar-refractivity contribution in [1.29, 1.82) is 0 Å². The van der Waals surface area contributed by atoms with E-state index < -0.39 is 5.25 Å². The summed E-state index contributed by atoms with van der Waals surface area (Å²) in [7, 11) is 1.69. The number of carbonyl (C=O) groups excluding carboxylic acids is 2. The van der Waals surface area contributed by atoms with E-state index in [1.54, 1.807) is 19.2 Å². The molecule has 2 aromatic rings. The molecule has 3 rings (SSSR count). The summed E-state index contributed by atoms with van der Waals surface area (Å²) in [6.07, 6.45) is 0.0760. The van der Waals surface area contributed by atoms with Crippen molar-refractivity contribution < 1.29 is 9.59 Å². The van der Waals surface area contributed by atoms with Crippen LogP contribution in [0.15, 0.2) is 47.5 Å². The number of benzene rings is 2. The van der Waals surface area contributed by atoms with Crippen molar-refractivity contribution in [2.45, 2.75) is 25.5 Å². The first-order valence-corrected chi connectivity index (χ1v) is 9.75. The van der Waals surface area contributed by atoms with Gasteiger partial charge in [0.05, 0.1) is 5.69 Å². The van der Waals surface area contributed by atoms with Crippen LogP contribution in [0, 0.1) is 13.8 Å². The van der Waals surface area contributed by atoms with Crippen LogP contribution in [-0.2, 0) is 9.59 Å². The first kappa shape index (κ1) is 19.5. The zero-order valence-electron chi connectivity index (χ0n) is 15.3. The molecule has 1 fully saturated rings. The van der Waals surface area contributed by atoms with E-state index in [0.29, 0.717) is 15.9 Å². The highest BCUT2D eigenvalue weighted by Gasteiger charge is 2.37. The number of amides is 2. The number of aliphatic imine (C=N–C) groups is 1. The van der Waals surface area contributed by atoms with Gasteiger partial charge in [0.1, 0.15) is 5.25 Å². The molecule has 27 heavy (non-hydrogen) atoms. The Labute approximate surface area is 167 Å². The van der Waals surface area contributed by atoms with E-state index in [-0.39, 0.29) is 18.2 Å². The summed E-state index contributed by atoms with van der Waals surface area (Å²) in [5, 5.41) is 3.50. The van der Waals surface area contributed by atoms with Crippen LogP contribution >= 0.6 is 23.4 Å². The first-order valence-electron chi connectivity index (χ1n) is 8.49. The van der Waals surface area contributed by atoms with E-state index in [0.717, 1.165) is 16.8 Å². The van der Waals surface area contributed by atoms with Crippen LogP contribution in [0.3, 0.4) is 0 Å². The molecule has 5 nitrogen and oxygen atoms in total. The van der Waals surface area contributed by atoms with Crippen molar-refractivity contribution in [2.75, 3.05) is 12.4 Å². The Kier molecular flexibility index (Phi) is 5.87. The number of rotatable bonds is 4. The number of halogens is 1. The van der Waals surface area contributed by atoms with Crippen LogP contribution in [0.4, 0.5) is 11.4 Å². The molecular weight excluding hydrogens is 382 g/mol. The lowest BCUT2D eigenvalue weighted by Crippen LogP contribution is -2.30. The number of thioether (sulfide) groups is 1. The minimum Gasteiger partial charge on any atom is -0.326 e. The number of para-hydroxylation sites is 1. The van der Waals surface area contributed by atoms with Gasteiger partial charge in [0.15, 0.2) is 5.17 Å². The fourth-order valence-electron chi connectivity index (χ4n) is 2.69. The molecule has 0 saturated carbocycles. The second-order valence-corrected chi connectivity index (χ2v) is 8.00. The quantitative estimate of drug-likeness (QED) is 0.817. The van der Waals surface area contributed by atoms with Crippen molar-refractivity contribution in [3.8, 4) is 0 Å². The van der Waals surface area contributed by atoms with Crippen LogP contribution in [0.2, 0.25) is 5.02 Å². The zero-order chi connectivity index (χ0) is 19.6. The molecular formula is C20H20ClN3O2S. The number of nitrogens with zero attached hydrogens (tertiary/aromatic N) is 2. The fourth-order valence-corrected chi connectivity index (χ4v) is 4.01. The highest BCUT2D eigenvalue weighted by Crippen LogP contribution is 2.31. The van der Waals surface area contributed by atoms with Crippen molar-refractivity contribution >= 4 is 51.7 Å². The van der Waals surface area contributed by atoms with Gasteiger partial charge in [0, 0.05) is 24.2 Å². The van der Waals surface area contributed by atoms with Gasteiger partial charge in [-0.15, -0.1) is 0 Å². The summed E-state index contributed by atoms with van der Waals surface area (Å²) in [5.74, 6) is -0.345. The predicted molar refractivity (Wildman–Crippen MR) is 112 cm³/mol. The van der Waals surface area contributed by atoms with Crippen molar-refractivity contribution in [2.24, 2.45) is 4.99 Å². The van der Waals surface area contributed by atoms with Crippen LogP contribution in [-0.4, -0.2) is 34.2 Å². The van der Waals surface area contributed by atoms with E-state index in [1.165, 1.54) is 16.7 Å². The van der Waals surface area contributed by atoms with Gasteiger partial charge in [-0.2, -0.15) is 0 Å². The summed E-state index contributed by atoms with van der Waals surface area (Å²) in [6.45, 7) is 3.86. The second kappa shape index (κ2) is 8.15. The monoisotopic (exact) mass is 401 g/mol. The van der Waals surface area contributed by atoms with E-state index >= 15 is 0 Å². The van der Waals surface area contributed by atoms with E-state index in [9.17, 15) is 9.59 Å². The van der Waals surface area contributed by atoms with Crippen LogP contribution < -0.4 is 5.32 Å². The molecule has 140 valence electrons. The van der Waals surface area contributed by atoms with Gasteiger partial charge in [-0.1, -0.05) is 47.6 Å². The van der Waals surface area contributed by atoms with E-state index in [2.05, 4.69) is 10.3 Å². The summed E-state index contributed by atoms with van der Waals surface area (Å²) < 4.78 is 0. The predicted octanol–water partition coefficient (Wildman–Crippen LogP) is 4.55. The minimum absolute atomic E-state index is 0.0760. The Morgan fingerprint density at radius 3 is 2.70 bits per heavy atom. The SMILES string of the molecule is Cc1ccccc1N=C1SC(CC(=O)Nc2cc(Cl)ccc2C)C(=O)N1C. The van der Waals surface area contributed by atoms with Gasteiger partial charge in [-0.3, -0.25) is 14.5 Å². The third-order valence-electron chi connectivity index (χ3n) is 4.32. The van der Waals surface area contributed by atoms with Gasteiger partial charge in [0.2, 0.25) is 11.8 Å². The summed E-state index contributed by atoms with van der Waals surface area (Å²) in [4.78, 5) is 31.1. The molecule has 0 aromatic heterocycles. The van der Waals surface area contributed by atoms with Crippen LogP contribution in [0.5, 0.6) is 0 Å². The van der Waals surface area contributed by atoms with Crippen LogP contribution in [0.25, 0.3) is 0 Å². The molecule has 0 aliphatic carbocycles. The molecule has 0 spiro atoms. The topological polar surface area (TPSA) is 61.8 Å². The summed E-state index contributed by atoms with van der Waals surface area (Å²) in [6, 6.07) is 13.0. The smallest absolute Gasteiger partial charge is 0.242 e. The molecule has 0 bridgehead atoms. The highest BCUT2D eigenvalue weighted by atomic mass is 35.5. The molecule has 7 heteroatoms. The summed E-state index contributed by atoms with van der Waals surface area (Å²) >= 11 is 7.31. The molecule has 1 aliphatic rings. The van der Waals surface area contributed by atoms with E-state index in [1.807, 2.05) is 44.2 Å². The van der Waals surface area contributed by atoms with Gasteiger partial charge in [-0.25, -0.2) is 4.99 Å². The summed E-state index contributed by atoms with van der Waals surface area (Å²) in [5.41, 5.74) is 3.42. The molecule has 1 aliphatic heterocycles. The Balaban J connectivity index is 1.71. The Bertz CT molecular complexity index is 929. The number of amidine groups is 1. The average Bonchev–Trinajstić information content (AvgIpc) is 2.88. The van der Waals surface area contributed by atoms with Crippen molar-refractivity contribution in [3.05, 3.63) is 58.6 Å². The molecule has 1 N–H and O–H groups in total. The van der Waals surface area contributed by atoms with Gasteiger partial charge in [0.25, 0.3) is 0 Å². The Morgan fingerprint density at radius 2 is 1.96 bits per heavy atom. The molecule has 2 amide bonds. The molecule has 1 unspecified atom stereocenters. The second-order valence-electron chi connectivity index (χ2n) is 6.40. The van der Waals surface area contributed by atoms with Gasteiger partial charge < -0.3 is 5.32 Å². The Morgan fingerprint density at radius 1 is 1.22 bits per heavy atom. The number of aryl methyl sites for hydroxylation is 2. The maximum atomic E-state index is 12.5. The van der Waals surface area contributed by atoms with Crippen molar-refractivity contribution in [1.82, 2.24) is 4.90 Å². The minimum atomic E-state index is -0.489. The maximum absolute atomic E-state index is 12.5. The standard InChI is InChI=1S/C20H20ClN3O2S/c1-12-6-4-5-7-15(12)23-20-24(3)19(26)17(27-20)11-18(25)22-16-10-14(21)9-8-13(16)2/h4-10,17H,11H2,1-3H3,(H,22,25). The number of nitrogens with one attached hydrogen (secondary N) is 1. The lowest BCUT2D eigenvalue weighted by molar-refractivity contribution is -0.127. The lowest BCUT2D eigenvalue weighted by atomic mass is 10.2. The number of hydrogen-bond donors (Lipinski definition) is 1. The molecule has 1 atom stereocenters. The third-order valence-corrected chi connectivity index (χ3v) is 5.78. The van der Waals surface area contributed by atoms with Gasteiger partial charge in [-0.05, 0) is 43.2 Å². The molecule has 0 radical (unpaired) electrons. The van der Waals surface area contributed by atoms with Gasteiger partial charge >= 0.3 is 0 Å². The number of carbonyl (C=O) groups is 2. The lowest BCUT2D eigenvalue weighted by Gasteiger charge is -2.11. The first-order chi connectivity index (χ1) is 12.8. The zero-order valence-corrected chi connectivity index (χ0v) is 16.9. The number of anilines is 1. The Hall–Kier alpha value is -2.31. The largest absolute Gasteiger partial charge is 0.326 e. The normalized spacial score (nSPS) is 18.2. The fraction of sp³-hybridized carbons (Fsp3) is 0.250. The number of hydrogen-bond acceptors (Lipinski definition) is 4. The van der Waals surface area contributed by atoms with Crippen molar-refractivity contribution in [3.63, 3.8) is 0 Å². The highest BCUT2D eigenvalue weighted by molar-refractivity contribution is 8.15. The van der Waals surface area contributed by atoms with E-state index in [4.69, 9.17) is 11.6 Å². The molecule has 2 aromatic carbocycles. The molecule has 1 heterocycles. The third kappa shape index (κ3) is 4.51. The average molecular weight is 402 g/mol.